The van der Waals surface area contributed by atoms with Gasteiger partial charge in [-0.3, -0.25) is 0 Å². The number of fused-ring (bicyclic) bond motifs is 1. The summed E-state index contributed by atoms with van der Waals surface area (Å²) < 4.78 is 1.93. The Morgan fingerprint density at radius 3 is 2.81 bits per heavy atom. The summed E-state index contributed by atoms with van der Waals surface area (Å²) in [6.45, 7) is 4.06. The molecule has 0 aromatic carbocycles. The molecule has 82 valence electrons. The molecule has 0 N–H and O–H groups in total. The molecule has 2 heterocycles. The van der Waals surface area contributed by atoms with Gasteiger partial charge in [-0.05, 0) is 39.2 Å². The second kappa shape index (κ2) is 3.40. The third-order valence-electron chi connectivity index (χ3n) is 3.06. The Balaban J connectivity index is 2.20. The van der Waals surface area contributed by atoms with Crippen LogP contribution in [0.2, 0.25) is 0 Å². The van der Waals surface area contributed by atoms with Gasteiger partial charge in [-0.25, -0.2) is 14.6 Å². The van der Waals surface area contributed by atoms with Crippen molar-refractivity contribution in [1.29, 1.82) is 0 Å². The minimum atomic E-state index is 0.966. The lowest BCUT2D eigenvalue weighted by atomic mass is 10.2. The molecule has 1 aliphatic carbocycles. The predicted octanol–water partition coefficient (Wildman–Crippen LogP) is 1.77. The Morgan fingerprint density at radius 1 is 1.19 bits per heavy atom. The number of hydrogen-bond donors (Lipinski definition) is 0. The van der Waals surface area contributed by atoms with Crippen molar-refractivity contribution in [3.8, 4) is 5.82 Å². The molecule has 0 spiro atoms. The predicted molar refractivity (Wildman–Crippen MR) is 60.7 cm³/mol. The Morgan fingerprint density at radius 2 is 2.06 bits per heavy atom. The van der Waals surface area contributed by atoms with E-state index in [4.69, 9.17) is 0 Å². The van der Waals surface area contributed by atoms with Crippen molar-refractivity contribution in [1.82, 2.24) is 19.7 Å². The fraction of sp³-hybridized carbons (Fsp3) is 0.417. The van der Waals surface area contributed by atoms with Gasteiger partial charge in [-0.15, -0.1) is 0 Å². The first-order valence-electron chi connectivity index (χ1n) is 5.62. The monoisotopic (exact) mass is 214 g/mol. The van der Waals surface area contributed by atoms with Crippen LogP contribution in [0.15, 0.2) is 12.4 Å². The van der Waals surface area contributed by atoms with Gasteiger partial charge in [0.25, 0.3) is 0 Å². The molecule has 0 amide bonds. The van der Waals surface area contributed by atoms with Gasteiger partial charge in [0.05, 0.1) is 5.69 Å². The van der Waals surface area contributed by atoms with E-state index in [1.165, 1.54) is 17.7 Å². The first-order chi connectivity index (χ1) is 7.75. The van der Waals surface area contributed by atoms with Crippen molar-refractivity contribution in [3.63, 3.8) is 0 Å². The SMILES string of the molecule is Cc1cc(C)n(-c2ncnc3c2CCC3)n1. The first-order valence-corrected chi connectivity index (χ1v) is 5.62. The minimum absolute atomic E-state index is 0.966. The van der Waals surface area contributed by atoms with Crippen LogP contribution in [0.1, 0.15) is 29.1 Å². The highest BCUT2D eigenvalue weighted by Crippen LogP contribution is 2.24. The van der Waals surface area contributed by atoms with Crippen LogP contribution in [0.4, 0.5) is 0 Å². The molecular formula is C12H14N4. The van der Waals surface area contributed by atoms with Crippen LogP contribution in [-0.2, 0) is 12.8 Å². The molecule has 0 saturated heterocycles. The number of rotatable bonds is 1. The summed E-state index contributed by atoms with van der Waals surface area (Å²) in [7, 11) is 0. The average Bonchev–Trinajstić information content (AvgIpc) is 2.84. The van der Waals surface area contributed by atoms with E-state index < -0.39 is 0 Å². The topological polar surface area (TPSA) is 43.6 Å². The van der Waals surface area contributed by atoms with E-state index in [9.17, 15) is 0 Å². The number of aromatic nitrogens is 4. The van der Waals surface area contributed by atoms with Crippen molar-refractivity contribution in [2.24, 2.45) is 0 Å². The van der Waals surface area contributed by atoms with Crippen LogP contribution >= 0.6 is 0 Å². The zero-order valence-electron chi connectivity index (χ0n) is 9.56. The highest BCUT2D eigenvalue weighted by atomic mass is 15.3. The molecule has 3 rings (SSSR count). The van der Waals surface area contributed by atoms with E-state index in [0.717, 1.165) is 30.0 Å². The van der Waals surface area contributed by atoms with Crippen molar-refractivity contribution < 1.29 is 0 Å². The van der Waals surface area contributed by atoms with Crippen LogP contribution < -0.4 is 0 Å². The highest BCUT2D eigenvalue weighted by Gasteiger charge is 2.19. The van der Waals surface area contributed by atoms with Gasteiger partial charge >= 0.3 is 0 Å². The standard InChI is InChI=1S/C12H14N4/c1-8-6-9(2)16(15-8)12-10-4-3-5-11(10)13-7-14-12/h6-7H,3-5H2,1-2H3. The second-order valence-corrected chi connectivity index (χ2v) is 4.31. The summed E-state index contributed by atoms with van der Waals surface area (Å²) >= 11 is 0. The quantitative estimate of drug-likeness (QED) is 0.726. The van der Waals surface area contributed by atoms with Crippen LogP contribution in [0.3, 0.4) is 0 Å². The van der Waals surface area contributed by atoms with Gasteiger partial charge in [0.15, 0.2) is 5.82 Å². The number of aryl methyl sites for hydroxylation is 3. The Labute approximate surface area is 94.4 Å². The molecule has 2 aromatic heterocycles. The normalized spacial score (nSPS) is 14.1. The van der Waals surface area contributed by atoms with Gasteiger partial charge in [-0.2, -0.15) is 5.10 Å². The van der Waals surface area contributed by atoms with Gasteiger partial charge in [0.2, 0.25) is 0 Å². The minimum Gasteiger partial charge on any atom is -0.241 e. The largest absolute Gasteiger partial charge is 0.241 e. The molecule has 1 aliphatic rings. The molecule has 0 atom stereocenters. The van der Waals surface area contributed by atoms with Gasteiger partial charge in [0, 0.05) is 17.0 Å². The molecule has 0 aliphatic heterocycles. The molecule has 2 aromatic rings. The van der Waals surface area contributed by atoms with Crippen molar-refractivity contribution in [3.05, 3.63) is 35.0 Å². The third kappa shape index (κ3) is 1.33. The van der Waals surface area contributed by atoms with Gasteiger partial charge in [-0.1, -0.05) is 0 Å². The summed E-state index contributed by atoms with van der Waals surface area (Å²) in [5, 5.41) is 4.48. The third-order valence-corrected chi connectivity index (χ3v) is 3.06. The van der Waals surface area contributed by atoms with E-state index in [-0.39, 0.29) is 0 Å². The number of nitrogens with zero attached hydrogens (tertiary/aromatic N) is 4. The molecule has 4 nitrogen and oxygen atoms in total. The van der Waals surface area contributed by atoms with Crippen molar-refractivity contribution in [2.75, 3.05) is 0 Å². The Kier molecular flexibility index (Phi) is 2.02. The first kappa shape index (κ1) is 9.51. The van der Waals surface area contributed by atoms with E-state index in [2.05, 4.69) is 28.1 Å². The van der Waals surface area contributed by atoms with Crippen LogP contribution in [-0.4, -0.2) is 19.7 Å². The van der Waals surface area contributed by atoms with Gasteiger partial charge in [0.1, 0.15) is 6.33 Å². The van der Waals surface area contributed by atoms with Crippen LogP contribution in [0.5, 0.6) is 0 Å². The Hall–Kier alpha value is -1.71. The lowest BCUT2D eigenvalue weighted by molar-refractivity contribution is 0.785. The number of hydrogen-bond acceptors (Lipinski definition) is 3. The van der Waals surface area contributed by atoms with E-state index in [1.54, 1.807) is 6.33 Å². The lowest BCUT2D eigenvalue weighted by Gasteiger charge is -2.07. The molecule has 0 bridgehead atoms. The average molecular weight is 214 g/mol. The maximum absolute atomic E-state index is 4.48. The lowest BCUT2D eigenvalue weighted by Crippen LogP contribution is -2.07. The zero-order chi connectivity index (χ0) is 11.1. The van der Waals surface area contributed by atoms with Crippen molar-refractivity contribution in [2.45, 2.75) is 33.1 Å². The smallest absolute Gasteiger partial charge is 0.160 e. The fourth-order valence-electron chi connectivity index (χ4n) is 2.37. The maximum Gasteiger partial charge on any atom is 0.160 e. The molecular weight excluding hydrogens is 200 g/mol. The highest BCUT2D eigenvalue weighted by molar-refractivity contribution is 5.40. The summed E-state index contributed by atoms with van der Waals surface area (Å²) in [5.41, 5.74) is 4.62. The molecule has 0 unspecified atom stereocenters. The van der Waals surface area contributed by atoms with Crippen LogP contribution in [0, 0.1) is 13.8 Å². The fourth-order valence-corrected chi connectivity index (χ4v) is 2.37. The second-order valence-electron chi connectivity index (χ2n) is 4.31. The van der Waals surface area contributed by atoms with E-state index in [0.29, 0.717) is 0 Å². The summed E-state index contributed by atoms with van der Waals surface area (Å²) in [5.74, 6) is 0.966. The Bertz CT molecular complexity index is 542. The van der Waals surface area contributed by atoms with Crippen LogP contribution in [0.25, 0.3) is 5.82 Å². The molecule has 16 heavy (non-hydrogen) atoms. The summed E-state index contributed by atoms with van der Waals surface area (Å²) in [6, 6.07) is 2.07. The zero-order valence-corrected chi connectivity index (χ0v) is 9.56. The van der Waals surface area contributed by atoms with Gasteiger partial charge < -0.3 is 0 Å². The molecule has 4 heteroatoms. The molecule has 0 radical (unpaired) electrons. The molecule has 0 saturated carbocycles. The maximum atomic E-state index is 4.48. The van der Waals surface area contributed by atoms with Crippen molar-refractivity contribution >= 4 is 0 Å². The summed E-state index contributed by atoms with van der Waals surface area (Å²) in [6.07, 6.45) is 4.98. The van der Waals surface area contributed by atoms with E-state index in [1.807, 2.05) is 11.6 Å². The summed E-state index contributed by atoms with van der Waals surface area (Å²) in [4.78, 5) is 8.71. The molecule has 0 fully saturated rings. The van der Waals surface area contributed by atoms with E-state index >= 15 is 0 Å².